The van der Waals surface area contributed by atoms with Gasteiger partial charge in [-0.25, -0.2) is 12.8 Å². The molecule has 3 aromatic carbocycles. The third-order valence-electron chi connectivity index (χ3n) is 9.23. The normalized spacial score (nSPS) is 21.7. The van der Waals surface area contributed by atoms with Gasteiger partial charge in [0.25, 0.3) is 0 Å². The average Bonchev–Trinajstić information content (AvgIpc) is 3.60. The van der Waals surface area contributed by atoms with Crippen LogP contribution >= 0.6 is 0 Å². The molecule has 1 aliphatic carbocycles. The molecule has 0 N–H and O–H groups in total. The Hall–Kier alpha value is -3.59. The maximum absolute atomic E-state index is 15.3. The highest BCUT2D eigenvalue weighted by molar-refractivity contribution is 7.91. The van der Waals surface area contributed by atoms with E-state index < -0.39 is 9.84 Å². The molecule has 0 amide bonds. The Morgan fingerprint density at radius 2 is 1.75 bits per heavy atom. The van der Waals surface area contributed by atoms with Crippen molar-refractivity contribution < 1.29 is 36.6 Å². The molecule has 1 fully saturated rings. The number of benzene rings is 3. The van der Waals surface area contributed by atoms with Gasteiger partial charge in [-0.1, -0.05) is 12.1 Å². The molecule has 3 aliphatic rings. The minimum absolute atomic E-state index is 0.0152. The van der Waals surface area contributed by atoms with Crippen LogP contribution in [0.1, 0.15) is 65.3 Å². The number of rotatable bonds is 9. The van der Waals surface area contributed by atoms with Crippen LogP contribution in [-0.2, 0) is 25.8 Å². The molecule has 0 spiro atoms. The fourth-order valence-electron chi connectivity index (χ4n) is 7.10. The standard InChI is InChI=1S/C35H39FO7S/c1-21-13-27(41-17-23-5-4-12-44(38,39)20-23)14-22(2)34(21)29-10-11-31(36)35-24(6-8-30(29)35)18-42-26-7-9-28-25(15-33(37)40-3)19-43-32(28)16-26/h7,9-11,13-14,16,23-25H,4-6,8,12,15,17-20H2,1-3H3. The molecule has 3 unspecified atom stereocenters. The number of hydrogen-bond acceptors (Lipinski definition) is 7. The van der Waals surface area contributed by atoms with Crippen molar-refractivity contribution in [1.82, 2.24) is 0 Å². The van der Waals surface area contributed by atoms with Crippen LogP contribution < -0.4 is 14.2 Å². The smallest absolute Gasteiger partial charge is 0.306 e. The molecule has 6 rings (SSSR count). The number of fused-ring (bicyclic) bond motifs is 2. The summed E-state index contributed by atoms with van der Waals surface area (Å²) in [6.45, 7) is 5.23. The van der Waals surface area contributed by atoms with Crippen LogP contribution in [0.25, 0.3) is 11.1 Å². The lowest BCUT2D eigenvalue weighted by atomic mass is 9.89. The quantitative estimate of drug-likeness (QED) is 0.253. The van der Waals surface area contributed by atoms with Crippen LogP contribution in [0.15, 0.2) is 42.5 Å². The zero-order valence-electron chi connectivity index (χ0n) is 25.5. The molecule has 3 atom stereocenters. The summed E-state index contributed by atoms with van der Waals surface area (Å²) in [7, 11) is -1.59. The summed E-state index contributed by atoms with van der Waals surface area (Å²) < 4.78 is 62.2. The minimum atomic E-state index is -2.98. The third kappa shape index (κ3) is 6.29. The van der Waals surface area contributed by atoms with Crippen molar-refractivity contribution in [3.05, 3.63) is 76.1 Å². The molecule has 2 heterocycles. The van der Waals surface area contributed by atoms with E-state index in [0.717, 1.165) is 64.0 Å². The largest absolute Gasteiger partial charge is 0.493 e. The fourth-order valence-corrected chi connectivity index (χ4v) is 8.86. The van der Waals surface area contributed by atoms with E-state index in [9.17, 15) is 13.2 Å². The van der Waals surface area contributed by atoms with Crippen molar-refractivity contribution in [3.8, 4) is 28.4 Å². The molecule has 0 bridgehead atoms. The fraction of sp³-hybridized carbons (Fsp3) is 0.457. The van der Waals surface area contributed by atoms with Crippen LogP contribution in [0.3, 0.4) is 0 Å². The maximum atomic E-state index is 15.3. The van der Waals surface area contributed by atoms with Gasteiger partial charge in [-0.05, 0) is 97.2 Å². The summed E-state index contributed by atoms with van der Waals surface area (Å²) in [5.41, 5.74) is 6.89. The van der Waals surface area contributed by atoms with Crippen LogP contribution in [0.2, 0.25) is 0 Å². The van der Waals surface area contributed by atoms with Gasteiger partial charge in [-0.2, -0.15) is 0 Å². The zero-order chi connectivity index (χ0) is 31.0. The number of methoxy groups -OCH3 is 1. The van der Waals surface area contributed by atoms with Gasteiger partial charge in [0.05, 0.1) is 44.9 Å². The van der Waals surface area contributed by atoms with Crippen molar-refractivity contribution in [1.29, 1.82) is 0 Å². The molecular formula is C35H39FO7S. The third-order valence-corrected chi connectivity index (χ3v) is 11.1. The molecule has 7 nitrogen and oxygen atoms in total. The Balaban J connectivity index is 1.16. The lowest BCUT2D eigenvalue weighted by molar-refractivity contribution is -0.141. The first-order chi connectivity index (χ1) is 21.1. The average molecular weight is 623 g/mol. The lowest BCUT2D eigenvalue weighted by Gasteiger charge is -2.23. The van der Waals surface area contributed by atoms with Gasteiger partial charge >= 0.3 is 5.97 Å². The Labute approximate surface area is 258 Å². The highest BCUT2D eigenvalue weighted by Gasteiger charge is 2.31. The topological polar surface area (TPSA) is 88.1 Å². The number of hydrogen-bond donors (Lipinski definition) is 0. The van der Waals surface area contributed by atoms with Crippen LogP contribution in [-0.4, -0.2) is 52.8 Å². The van der Waals surface area contributed by atoms with Crippen molar-refractivity contribution in [3.63, 3.8) is 0 Å². The summed E-state index contributed by atoms with van der Waals surface area (Å²) in [4.78, 5) is 11.7. The molecule has 0 aromatic heterocycles. The zero-order valence-corrected chi connectivity index (χ0v) is 26.3. The predicted molar refractivity (Wildman–Crippen MR) is 166 cm³/mol. The van der Waals surface area contributed by atoms with E-state index >= 15 is 4.39 Å². The monoisotopic (exact) mass is 622 g/mol. The molecule has 1 saturated heterocycles. The van der Waals surface area contributed by atoms with E-state index in [4.69, 9.17) is 18.9 Å². The number of sulfone groups is 1. The molecule has 234 valence electrons. The number of aryl methyl sites for hydroxylation is 2. The van der Waals surface area contributed by atoms with Gasteiger partial charge < -0.3 is 18.9 Å². The number of ether oxygens (including phenoxy) is 4. The second kappa shape index (κ2) is 12.4. The highest BCUT2D eigenvalue weighted by atomic mass is 32.2. The number of esters is 1. The summed E-state index contributed by atoms with van der Waals surface area (Å²) in [5, 5.41) is 0. The molecule has 0 saturated carbocycles. The van der Waals surface area contributed by atoms with E-state index in [1.165, 1.54) is 7.11 Å². The van der Waals surface area contributed by atoms with Crippen molar-refractivity contribution in [2.45, 2.75) is 57.8 Å². The molecule has 2 aliphatic heterocycles. The minimum Gasteiger partial charge on any atom is -0.493 e. The van der Waals surface area contributed by atoms with Gasteiger partial charge in [0, 0.05) is 29.4 Å². The second-order valence-corrected chi connectivity index (χ2v) is 14.6. The van der Waals surface area contributed by atoms with E-state index in [0.29, 0.717) is 37.7 Å². The van der Waals surface area contributed by atoms with Crippen molar-refractivity contribution >= 4 is 15.8 Å². The summed E-state index contributed by atoms with van der Waals surface area (Å²) >= 11 is 0. The molecule has 9 heteroatoms. The van der Waals surface area contributed by atoms with E-state index in [1.54, 1.807) is 6.07 Å². The second-order valence-electron chi connectivity index (χ2n) is 12.4. The van der Waals surface area contributed by atoms with Crippen molar-refractivity contribution in [2.24, 2.45) is 5.92 Å². The number of halogens is 1. The first-order valence-electron chi connectivity index (χ1n) is 15.3. The maximum Gasteiger partial charge on any atom is 0.306 e. The predicted octanol–water partition coefficient (Wildman–Crippen LogP) is 6.46. The van der Waals surface area contributed by atoms with Gasteiger partial charge in [0.15, 0.2) is 9.84 Å². The van der Waals surface area contributed by atoms with Crippen molar-refractivity contribution in [2.75, 3.05) is 38.4 Å². The Morgan fingerprint density at radius 3 is 2.50 bits per heavy atom. The molecule has 0 radical (unpaired) electrons. The van der Waals surface area contributed by atoms with Crippen LogP contribution in [0, 0.1) is 25.6 Å². The Kier molecular flexibility index (Phi) is 8.59. The van der Waals surface area contributed by atoms with E-state index in [2.05, 4.69) is 0 Å². The van der Waals surface area contributed by atoms with Gasteiger partial charge in [0.2, 0.25) is 0 Å². The highest BCUT2D eigenvalue weighted by Crippen LogP contribution is 2.44. The molecule has 3 aromatic rings. The SMILES string of the molecule is COC(=O)CC1COc2cc(OCC3CCc4c(-c5c(C)cc(OCC6CCCS(=O)(=O)C6)cc5C)ccc(F)c43)ccc21. The van der Waals surface area contributed by atoms with E-state index in [-0.39, 0.29) is 47.5 Å². The Bertz CT molecular complexity index is 1660. The summed E-state index contributed by atoms with van der Waals surface area (Å²) in [6, 6.07) is 13.1. The summed E-state index contributed by atoms with van der Waals surface area (Å²) in [6.07, 6.45) is 3.36. The molecular weight excluding hydrogens is 583 g/mol. The van der Waals surface area contributed by atoms with Crippen LogP contribution in [0.4, 0.5) is 4.39 Å². The van der Waals surface area contributed by atoms with E-state index in [1.807, 2.05) is 50.2 Å². The van der Waals surface area contributed by atoms with Gasteiger partial charge in [-0.15, -0.1) is 0 Å². The van der Waals surface area contributed by atoms with Crippen LogP contribution in [0.5, 0.6) is 17.2 Å². The molecule has 44 heavy (non-hydrogen) atoms. The summed E-state index contributed by atoms with van der Waals surface area (Å²) in [5.74, 6) is 1.96. The van der Waals surface area contributed by atoms with Gasteiger partial charge in [-0.3, -0.25) is 4.79 Å². The lowest BCUT2D eigenvalue weighted by Crippen LogP contribution is -2.29. The first kappa shape index (κ1) is 30.4. The number of carbonyl (C=O) groups is 1. The first-order valence-corrected chi connectivity index (χ1v) is 17.2. The Morgan fingerprint density at radius 1 is 0.977 bits per heavy atom. The van der Waals surface area contributed by atoms with Gasteiger partial charge in [0.1, 0.15) is 23.1 Å². The number of carbonyl (C=O) groups excluding carboxylic acids is 1.